The second-order valence-electron chi connectivity index (χ2n) is 7.08. The molecule has 1 aromatic heterocycles. The molecule has 2 aliphatic rings. The van der Waals surface area contributed by atoms with Crippen molar-refractivity contribution in [1.29, 1.82) is 0 Å². The molecule has 2 heterocycles. The molecule has 2 fully saturated rings. The number of aromatic nitrogens is 2. The van der Waals surface area contributed by atoms with E-state index in [9.17, 15) is 5.11 Å². The van der Waals surface area contributed by atoms with Crippen LogP contribution < -0.4 is 5.46 Å². The SMILES string of the molecule is CC1(C)OB(c2cnn(CC3CC(O)C3)c2)OC1(C)C. The molecule has 1 aromatic rings. The average molecular weight is 278 g/mol. The summed E-state index contributed by atoms with van der Waals surface area (Å²) in [5.41, 5.74) is 0.318. The molecule has 0 atom stereocenters. The highest BCUT2D eigenvalue weighted by atomic mass is 16.7. The molecule has 1 saturated carbocycles. The van der Waals surface area contributed by atoms with E-state index in [1.54, 1.807) is 0 Å². The largest absolute Gasteiger partial charge is 0.498 e. The van der Waals surface area contributed by atoms with Gasteiger partial charge in [-0.1, -0.05) is 0 Å². The summed E-state index contributed by atoms with van der Waals surface area (Å²) >= 11 is 0. The lowest BCUT2D eigenvalue weighted by atomic mass is 9.81. The van der Waals surface area contributed by atoms with E-state index in [1.165, 1.54) is 0 Å². The van der Waals surface area contributed by atoms with Gasteiger partial charge < -0.3 is 14.4 Å². The molecule has 0 amide bonds. The Bertz CT molecular complexity index is 478. The molecule has 6 heteroatoms. The lowest BCUT2D eigenvalue weighted by Gasteiger charge is -2.32. The summed E-state index contributed by atoms with van der Waals surface area (Å²) in [7, 11) is -0.347. The molecule has 20 heavy (non-hydrogen) atoms. The summed E-state index contributed by atoms with van der Waals surface area (Å²) in [6.45, 7) is 9.05. The van der Waals surface area contributed by atoms with Crippen molar-refractivity contribution >= 4 is 12.6 Å². The third-order valence-electron chi connectivity index (χ3n) is 4.83. The Kier molecular flexibility index (Phi) is 3.23. The molecule has 1 N–H and O–H groups in total. The van der Waals surface area contributed by atoms with Crippen molar-refractivity contribution in [2.45, 2.75) is 64.4 Å². The van der Waals surface area contributed by atoms with Crippen LogP contribution in [0.15, 0.2) is 12.4 Å². The van der Waals surface area contributed by atoms with Crippen LogP contribution in [-0.4, -0.2) is 39.3 Å². The van der Waals surface area contributed by atoms with Gasteiger partial charge in [0.1, 0.15) is 0 Å². The average Bonchev–Trinajstić information content (AvgIpc) is 2.81. The van der Waals surface area contributed by atoms with Gasteiger partial charge in [-0.25, -0.2) is 0 Å². The number of aliphatic hydroxyl groups excluding tert-OH is 1. The van der Waals surface area contributed by atoms with E-state index in [2.05, 4.69) is 5.10 Å². The molecule has 5 nitrogen and oxygen atoms in total. The number of rotatable bonds is 3. The number of hydrogen-bond acceptors (Lipinski definition) is 4. The highest BCUT2D eigenvalue weighted by Gasteiger charge is 2.52. The molecule has 3 rings (SSSR count). The normalized spacial score (nSPS) is 31.4. The van der Waals surface area contributed by atoms with Gasteiger partial charge in [-0.3, -0.25) is 4.68 Å². The predicted octanol–water partition coefficient (Wildman–Crippen LogP) is 0.953. The van der Waals surface area contributed by atoms with Gasteiger partial charge in [0.05, 0.1) is 17.3 Å². The van der Waals surface area contributed by atoms with E-state index in [0.717, 1.165) is 24.8 Å². The minimum Gasteiger partial charge on any atom is -0.399 e. The Labute approximate surface area is 120 Å². The molecule has 0 spiro atoms. The highest BCUT2D eigenvalue weighted by Crippen LogP contribution is 2.36. The summed E-state index contributed by atoms with van der Waals surface area (Å²) in [5, 5.41) is 13.7. The fourth-order valence-corrected chi connectivity index (χ4v) is 2.69. The zero-order valence-electron chi connectivity index (χ0n) is 12.7. The fraction of sp³-hybridized carbons (Fsp3) is 0.786. The van der Waals surface area contributed by atoms with Gasteiger partial charge in [0.15, 0.2) is 0 Å². The first-order chi connectivity index (χ1) is 9.27. The van der Waals surface area contributed by atoms with Crippen molar-refractivity contribution in [1.82, 2.24) is 9.78 Å². The molecule has 1 aliphatic heterocycles. The van der Waals surface area contributed by atoms with Crippen LogP contribution in [0.1, 0.15) is 40.5 Å². The summed E-state index contributed by atoms with van der Waals surface area (Å²) < 4.78 is 13.9. The van der Waals surface area contributed by atoms with Crippen LogP contribution >= 0.6 is 0 Å². The minimum absolute atomic E-state index is 0.113. The van der Waals surface area contributed by atoms with Crippen molar-refractivity contribution < 1.29 is 14.4 Å². The van der Waals surface area contributed by atoms with Crippen LogP contribution in [0.4, 0.5) is 0 Å². The van der Waals surface area contributed by atoms with E-state index in [4.69, 9.17) is 9.31 Å². The second-order valence-corrected chi connectivity index (χ2v) is 7.08. The zero-order chi connectivity index (χ0) is 14.5. The monoisotopic (exact) mass is 278 g/mol. The minimum atomic E-state index is -0.347. The standard InChI is InChI=1S/C14H23BN2O3/c1-13(2)14(3,4)20-15(19-13)11-7-16-17(9-11)8-10-5-12(18)6-10/h7,9-10,12,18H,5-6,8H2,1-4H3. The first-order valence-corrected chi connectivity index (χ1v) is 7.33. The van der Waals surface area contributed by atoms with Crippen LogP contribution in [0.5, 0.6) is 0 Å². The Hall–Kier alpha value is -0.845. The Morgan fingerprint density at radius 1 is 1.30 bits per heavy atom. The summed E-state index contributed by atoms with van der Waals surface area (Å²) in [6, 6.07) is 0. The van der Waals surface area contributed by atoms with Crippen LogP contribution in [0.2, 0.25) is 0 Å². The molecule has 1 aliphatic carbocycles. The first kappa shape index (κ1) is 14.1. The molecule has 0 aromatic carbocycles. The molecular formula is C14H23BN2O3. The van der Waals surface area contributed by atoms with Crippen LogP contribution in [0, 0.1) is 5.92 Å². The number of hydrogen-bond donors (Lipinski definition) is 1. The maximum absolute atomic E-state index is 9.32. The van der Waals surface area contributed by atoms with Crippen molar-refractivity contribution in [2.75, 3.05) is 0 Å². The smallest absolute Gasteiger partial charge is 0.399 e. The highest BCUT2D eigenvalue weighted by molar-refractivity contribution is 6.61. The van der Waals surface area contributed by atoms with Crippen LogP contribution in [-0.2, 0) is 15.9 Å². The van der Waals surface area contributed by atoms with Crippen molar-refractivity contribution in [3.05, 3.63) is 12.4 Å². The fourth-order valence-electron chi connectivity index (χ4n) is 2.69. The molecular weight excluding hydrogens is 255 g/mol. The lowest BCUT2D eigenvalue weighted by molar-refractivity contribution is 0.00578. The number of aliphatic hydroxyl groups is 1. The predicted molar refractivity (Wildman–Crippen MR) is 76.7 cm³/mol. The number of nitrogens with zero attached hydrogens (tertiary/aromatic N) is 2. The van der Waals surface area contributed by atoms with Gasteiger partial charge >= 0.3 is 7.12 Å². The third kappa shape index (κ3) is 2.40. The van der Waals surface area contributed by atoms with E-state index in [0.29, 0.717) is 5.92 Å². The van der Waals surface area contributed by atoms with Gasteiger partial charge in [-0.2, -0.15) is 5.10 Å². The zero-order valence-corrected chi connectivity index (χ0v) is 12.7. The topological polar surface area (TPSA) is 56.5 Å². The summed E-state index contributed by atoms with van der Waals surface area (Å²) in [6.07, 6.45) is 5.46. The Morgan fingerprint density at radius 3 is 2.45 bits per heavy atom. The Balaban J connectivity index is 1.66. The molecule has 0 bridgehead atoms. The van der Waals surface area contributed by atoms with Gasteiger partial charge in [-0.15, -0.1) is 0 Å². The van der Waals surface area contributed by atoms with Crippen LogP contribution in [0.25, 0.3) is 0 Å². The van der Waals surface area contributed by atoms with E-state index in [-0.39, 0.29) is 24.4 Å². The molecule has 0 unspecified atom stereocenters. The van der Waals surface area contributed by atoms with Gasteiger partial charge in [0, 0.05) is 24.4 Å². The molecule has 0 radical (unpaired) electrons. The maximum atomic E-state index is 9.32. The molecule has 1 saturated heterocycles. The first-order valence-electron chi connectivity index (χ1n) is 7.33. The lowest BCUT2D eigenvalue weighted by Crippen LogP contribution is -2.41. The van der Waals surface area contributed by atoms with Crippen molar-refractivity contribution in [3.8, 4) is 0 Å². The van der Waals surface area contributed by atoms with Crippen molar-refractivity contribution in [2.24, 2.45) is 5.92 Å². The Morgan fingerprint density at radius 2 is 1.90 bits per heavy atom. The van der Waals surface area contributed by atoms with Crippen LogP contribution in [0.3, 0.4) is 0 Å². The van der Waals surface area contributed by atoms with Crippen molar-refractivity contribution in [3.63, 3.8) is 0 Å². The third-order valence-corrected chi connectivity index (χ3v) is 4.83. The van der Waals surface area contributed by atoms with E-state index < -0.39 is 0 Å². The quantitative estimate of drug-likeness (QED) is 0.836. The van der Waals surface area contributed by atoms with Gasteiger partial charge in [-0.05, 0) is 46.5 Å². The van der Waals surface area contributed by atoms with E-state index >= 15 is 0 Å². The second kappa shape index (κ2) is 4.58. The van der Waals surface area contributed by atoms with E-state index in [1.807, 2.05) is 44.8 Å². The van der Waals surface area contributed by atoms with Gasteiger partial charge in [0.25, 0.3) is 0 Å². The summed E-state index contributed by atoms with van der Waals surface area (Å²) in [4.78, 5) is 0. The van der Waals surface area contributed by atoms with Gasteiger partial charge in [0.2, 0.25) is 0 Å². The maximum Gasteiger partial charge on any atom is 0.498 e. The summed E-state index contributed by atoms with van der Waals surface area (Å²) in [5.74, 6) is 0.538. The molecule has 110 valence electrons.